The number of aromatic nitrogens is 1. The summed E-state index contributed by atoms with van der Waals surface area (Å²) in [7, 11) is 0. The third-order valence-electron chi connectivity index (χ3n) is 1.99. The molecule has 1 rings (SSSR count). The Morgan fingerprint density at radius 2 is 2.41 bits per heavy atom. The standard InChI is InChI=1S/C12H17N3O2/c1-3-4-8-17-12(16)15-13-9-11-7-5-6-10(2)14-11/h5-7,9H,3-4,8H2,1-2H3,(H,15,16)/b13-9-. The number of nitrogens with zero attached hydrogens (tertiary/aromatic N) is 2. The van der Waals surface area contributed by atoms with Crippen molar-refractivity contribution in [3.05, 3.63) is 29.6 Å². The van der Waals surface area contributed by atoms with Crippen molar-refractivity contribution in [3.63, 3.8) is 0 Å². The molecule has 17 heavy (non-hydrogen) atoms. The molecule has 5 nitrogen and oxygen atoms in total. The minimum atomic E-state index is -0.539. The van der Waals surface area contributed by atoms with Gasteiger partial charge < -0.3 is 4.74 Å². The summed E-state index contributed by atoms with van der Waals surface area (Å²) in [5, 5.41) is 3.75. The molecule has 0 unspecified atom stereocenters. The summed E-state index contributed by atoms with van der Waals surface area (Å²) in [4.78, 5) is 15.3. The molecule has 5 heteroatoms. The van der Waals surface area contributed by atoms with Gasteiger partial charge in [-0.25, -0.2) is 10.2 Å². The van der Waals surface area contributed by atoms with Crippen LogP contribution in [-0.4, -0.2) is 23.9 Å². The fourth-order valence-electron chi connectivity index (χ4n) is 1.13. The lowest BCUT2D eigenvalue weighted by molar-refractivity contribution is 0.145. The van der Waals surface area contributed by atoms with Gasteiger partial charge >= 0.3 is 6.09 Å². The van der Waals surface area contributed by atoms with Gasteiger partial charge in [0.05, 0.1) is 18.5 Å². The highest BCUT2D eigenvalue weighted by Gasteiger charge is 1.97. The van der Waals surface area contributed by atoms with Crippen LogP contribution in [0.25, 0.3) is 0 Å². The normalized spacial score (nSPS) is 10.5. The van der Waals surface area contributed by atoms with E-state index in [2.05, 4.69) is 15.5 Å². The number of nitrogens with one attached hydrogen (secondary N) is 1. The van der Waals surface area contributed by atoms with Crippen LogP contribution in [0.3, 0.4) is 0 Å². The maximum Gasteiger partial charge on any atom is 0.427 e. The van der Waals surface area contributed by atoms with Crippen LogP contribution >= 0.6 is 0 Å². The number of rotatable bonds is 5. The Morgan fingerprint density at radius 3 is 3.12 bits per heavy atom. The minimum absolute atomic E-state index is 0.417. The average molecular weight is 235 g/mol. The molecule has 0 fully saturated rings. The van der Waals surface area contributed by atoms with Crippen molar-refractivity contribution in [2.24, 2.45) is 5.10 Å². The van der Waals surface area contributed by atoms with Crippen LogP contribution in [0, 0.1) is 6.92 Å². The SMILES string of the molecule is CCCCOC(=O)N/N=C\c1cccc(C)n1. The van der Waals surface area contributed by atoms with Gasteiger partial charge in [-0.05, 0) is 25.5 Å². The summed E-state index contributed by atoms with van der Waals surface area (Å²) in [6.07, 6.45) is 2.79. The van der Waals surface area contributed by atoms with Gasteiger partial charge in [-0.2, -0.15) is 5.10 Å². The second-order valence-electron chi connectivity index (χ2n) is 3.56. The predicted octanol–water partition coefficient (Wildman–Crippen LogP) is 2.25. The molecular formula is C12H17N3O2. The van der Waals surface area contributed by atoms with Crippen molar-refractivity contribution < 1.29 is 9.53 Å². The number of hydrogen-bond donors (Lipinski definition) is 1. The molecule has 1 amide bonds. The molecule has 0 bridgehead atoms. The van der Waals surface area contributed by atoms with Crippen LogP contribution in [0.4, 0.5) is 4.79 Å². The van der Waals surface area contributed by atoms with Gasteiger partial charge in [0.2, 0.25) is 0 Å². The number of hydrazone groups is 1. The highest BCUT2D eigenvalue weighted by molar-refractivity contribution is 5.78. The maximum absolute atomic E-state index is 11.1. The zero-order valence-electron chi connectivity index (χ0n) is 10.1. The van der Waals surface area contributed by atoms with Crippen LogP contribution in [-0.2, 0) is 4.74 Å². The maximum atomic E-state index is 11.1. The molecule has 0 aliphatic carbocycles. The number of unbranched alkanes of at least 4 members (excludes halogenated alkanes) is 1. The van der Waals surface area contributed by atoms with Crippen molar-refractivity contribution in [2.45, 2.75) is 26.7 Å². The van der Waals surface area contributed by atoms with Crippen molar-refractivity contribution >= 4 is 12.3 Å². The third kappa shape index (κ3) is 5.65. The Labute approximate surface area is 101 Å². The molecule has 0 aliphatic rings. The van der Waals surface area contributed by atoms with E-state index < -0.39 is 6.09 Å². The van der Waals surface area contributed by atoms with Gasteiger partial charge in [0.15, 0.2) is 0 Å². The largest absolute Gasteiger partial charge is 0.448 e. The highest BCUT2D eigenvalue weighted by atomic mass is 16.5. The van der Waals surface area contributed by atoms with Crippen molar-refractivity contribution in [1.82, 2.24) is 10.4 Å². The first-order valence-corrected chi connectivity index (χ1v) is 5.62. The fraction of sp³-hybridized carbons (Fsp3) is 0.417. The molecule has 1 aromatic rings. The number of amides is 1. The van der Waals surface area contributed by atoms with Crippen molar-refractivity contribution in [1.29, 1.82) is 0 Å². The molecule has 0 radical (unpaired) electrons. The van der Waals surface area contributed by atoms with Gasteiger partial charge in [0.1, 0.15) is 0 Å². The molecule has 92 valence electrons. The summed E-state index contributed by atoms with van der Waals surface area (Å²) in [5.41, 5.74) is 3.87. The monoisotopic (exact) mass is 235 g/mol. The van der Waals surface area contributed by atoms with E-state index in [0.29, 0.717) is 12.3 Å². The number of aryl methyl sites for hydroxylation is 1. The number of carbonyl (C=O) groups is 1. The zero-order chi connectivity index (χ0) is 12.5. The van der Waals surface area contributed by atoms with E-state index >= 15 is 0 Å². The lowest BCUT2D eigenvalue weighted by Gasteiger charge is -2.01. The first-order chi connectivity index (χ1) is 8.22. The smallest absolute Gasteiger partial charge is 0.427 e. The van der Waals surface area contributed by atoms with E-state index in [1.54, 1.807) is 6.07 Å². The number of pyridine rings is 1. The topological polar surface area (TPSA) is 63.6 Å². The first-order valence-electron chi connectivity index (χ1n) is 5.62. The summed E-state index contributed by atoms with van der Waals surface area (Å²) in [6, 6.07) is 5.58. The Kier molecular flexibility index (Phi) is 5.71. The Balaban J connectivity index is 2.32. The van der Waals surface area contributed by atoms with E-state index in [0.717, 1.165) is 18.5 Å². The van der Waals surface area contributed by atoms with E-state index in [9.17, 15) is 4.79 Å². The quantitative estimate of drug-likeness (QED) is 0.483. The van der Waals surface area contributed by atoms with Gasteiger partial charge in [0.25, 0.3) is 0 Å². The lowest BCUT2D eigenvalue weighted by atomic mass is 10.3. The van der Waals surface area contributed by atoms with E-state index in [-0.39, 0.29) is 0 Å². The average Bonchev–Trinajstić information content (AvgIpc) is 2.29. The molecule has 0 spiro atoms. The van der Waals surface area contributed by atoms with Gasteiger partial charge in [-0.3, -0.25) is 4.98 Å². The van der Waals surface area contributed by atoms with Crippen LogP contribution in [0.2, 0.25) is 0 Å². The van der Waals surface area contributed by atoms with Gasteiger partial charge in [0, 0.05) is 5.69 Å². The summed E-state index contributed by atoms with van der Waals surface area (Å²) in [5.74, 6) is 0. The molecule has 0 saturated heterocycles. The minimum Gasteiger partial charge on any atom is -0.448 e. The molecule has 0 aromatic carbocycles. The zero-order valence-corrected chi connectivity index (χ0v) is 10.1. The van der Waals surface area contributed by atoms with E-state index in [1.165, 1.54) is 6.21 Å². The second-order valence-corrected chi connectivity index (χ2v) is 3.56. The third-order valence-corrected chi connectivity index (χ3v) is 1.99. The predicted molar refractivity (Wildman–Crippen MR) is 66.0 cm³/mol. The van der Waals surface area contributed by atoms with Gasteiger partial charge in [-0.15, -0.1) is 0 Å². The number of hydrogen-bond acceptors (Lipinski definition) is 4. The van der Waals surface area contributed by atoms with Crippen molar-refractivity contribution in [2.75, 3.05) is 6.61 Å². The summed E-state index contributed by atoms with van der Waals surface area (Å²) in [6.45, 7) is 4.34. The fourth-order valence-corrected chi connectivity index (χ4v) is 1.13. The highest BCUT2D eigenvalue weighted by Crippen LogP contribution is 1.94. The molecule has 1 aromatic heterocycles. The number of carbonyl (C=O) groups excluding carboxylic acids is 1. The van der Waals surface area contributed by atoms with Crippen LogP contribution in [0.1, 0.15) is 31.2 Å². The summed E-state index contributed by atoms with van der Waals surface area (Å²) < 4.78 is 4.86. The first kappa shape index (κ1) is 13.2. The number of ether oxygens (including phenoxy) is 1. The van der Waals surface area contributed by atoms with E-state index in [4.69, 9.17) is 4.74 Å². The van der Waals surface area contributed by atoms with Crippen LogP contribution in [0.15, 0.2) is 23.3 Å². The molecule has 0 aliphatic heterocycles. The van der Waals surface area contributed by atoms with Gasteiger partial charge in [-0.1, -0.05) is 19.4 Å². The summed E-state index contributed by atoms with van der Waals surface area (Å²) >= 11 is 0. The van der Waals surface area contributed by atoms with Crippen LogP contribution in [0.5, 0.6) is 0 Å². The van der Waals surface area contributed by atoms with E-state index in [1.807, 2.05) is 26.0 Å². The Bertz CT molecular complexity index is 391. The molecule has 0 saturated carbocycles. The molecule has 0 atom stereocenters. The molecular weight excluding hydrogens is 218 g/mol. The van der Waals surface area contributed by atoms with Crippen LogP contribution < -0.4 is 5.43 Å². The second kappa shape index (κ2) is 7.38. The molecule has 1 heterocycles. The lowest BCUT2D eigenvalue weighted by Crippen LogP contribution is -2.19. The van der Waals surface area contributed by atoms with Crippen molar-refractivity contribution in [3.8, 4) is 0 Å². The Morgan fingerprint density at radius 1 is 1.59 bits per heavy atom. The molecule has 1 N–H and O–H groups in total. The Hall–Kier alpha value is -1.91.